The first-order valence-electron chi connectivity index (χ1n) is 38.3. The SMILES string of the molecule is CC(C)C[C@@H]1NC(=O)[C@H](Cc2ccccc2)NC(=O)[C@H]([C@@H](C)O)NC(=O)[C@H](CC(C)C)NC(=O)[C@H](CC(C)C)NC(=O)[C@H](CCC(=O)O)NC(=O)[C@@H](N)CSCc2ccccc2CSC[C@@H](C(=O)O)NC(=O)[C@H](Cc2ccc(O)cc2)NC(=O)[C@H](C(C)C)NC(=O)[C@@H]2CCCN2C(=O)[C@H](Cc2ccc(O)cc2)NC(=O)CNC1=O. The highest BCUT2D eigenvalue weighted by Gasteiger charge is 2.42. The Morgan fingerprint density at radius 2 is 0.886 bits per heavy atom. The molecule has 12 amide bonds. The Balaban J connectivity index is 1.35. The normalized spacial score (nSPS) is 24.6. The number of phenolic OH excluding ortho intramolecular Hbond substituents is 2. The molecule has 4 aromatic carbocycles. The van der Waals surface area contributed by atoms with Crippen LogP contribution in [-0.2, 0) is 97.9 Å². The molecular formula is C80H111N13O19S2. The van der Waals surface area contributed by atoms with Crippen LogP contribution in [0.3, 0.4) is 0 Å². The summed E-state index contributed by atoms with van der Waals surface area (Å²) in [4.78, 5) is 200. The van der Waals surface area contributed by atoms with Crippen molar-refractivity contribution in [1.29, 1.82) is 0 Å². The molecule has 2 aliphatic heterocycles. The number of fused-ring (bicyclic) bond motifs is 2. The lowest BCUT2D eigenvalue weighted by Gasteiger charge is -2.31. The second-order valence-corrected chi connectivity index (χ2v) is 32.5. The molecule has 6 rings (SSSR count). The van der Waals surface area contributed by atoms with Gasteiger partial charge in [-0.3, -0.25) is 62.3 Å². The number of nitrogens with two attached hydrogens (primary N) is 1. The van der Waals surface area contributed by atoms with Crippen LogP contribution in [-0.4, -0.2) is 216 Å². The minimum Gasteiger partial charge on any atom is -0.508 e. The van der Waals surface area contributed by atoms with Gasteiger partial charge < -0.3 is 94.7 Å². The summed E-state index contributed by atoms with van der Waals surface area (Å²) in [5.41, 5.74) is 9.40. The zero-order valence-corrected chi connectivity index (χ0v) is 67.4. The highest BCUT2D eigenvalue weighted by atomic mass is 32.2. The van der Waals surface area contributed by atoms with Crippen molar-refractivity contribution in [2.75, 3.05) is 24.6 Å². The third-order valence-corrected chi connectivity index (χ3v) is 21.2. The van der Waals surface area contributed by atoms with Crippen molar-refractivity contribution in [3.8, 4) is 11.5 Å². The number of nitrogens with zero attached hydrogens (tertiary/aromatic N) is 1. The van der Waals surface area contributed by atoms with Crippen LogP contribution in [0, 0.1) is 23.7 Å². The van der Waals surface area contributed by atoms with E-state index in [1.54, 1.807) is 97.9 Å². The highest BCUT2D eigenvalue weighted by molar-refractivity contribution is 7.99. The van der Waals surface area contributed by atoms with E-state index in [-0.39, 0.29) is 104 Å². The van der Waals surface area contributed by atoms with E-state index in [1.807, 2.05) is 12.1 Å². The Morgan fingerprint density at radius 1 is 0.465 bits per heavy atom. The lowest BCUT2D eigenvalue weighted by atomic mass is 9.99. The van der Waals surface area contributed by atoms with Crippen LogP contribution >= 0.6 is 23.5 Å². The fourth-order valence-electron chi connectivity index (χ4n) is 12.9. The van der Waals surface area contributed by atoms with Gasteiger partial charge in [0.1, 0.15) is 78.0 Å². The standard InChI is InChI=1S/C80H111N13O19S2/c1-43(2)32-57-70(101)82-38-65(97)83-62(37-50-23-27-54(96)28-24-50)79(110)93-31-15-20-64(93)76(107)91-67(46(7)8)77(108)88-61(36-49-21-25-53(95)26-22-49)74(105)90-63(80(111)112)42-114-40-52-19-14-13-18-51(52)39-113-41-55(81)69(100)84-56(29-30-66(98)99)71(102)86-58(33-44(3)4)72(103)87-59(34-45(5)6)75(106)92-68(47(9)94)78(109)89-60(73(104)85-57)35-48-16-11-10-12-17-48/h10-14,16-19,21-28,43-47,55-64,67-68,94-96H,15,20,29-42,81H2,1-9H3,(H,82,101)(H,83,97)(H,84,100)(H,85,104)(H,86,102)(H,87,103)(H,88,108)(H,89,109)(H,90,105)(H,91,107)(H,92,106)(H,98,99)(H,111,112)/t47-,55+,56+,57+,58+,59+,60+,61+,62+,63+,64+,67+,68+/m1/s1. The van der Waals surface area contributed by atoms with Crippen molar-refractivity contribution >= 4 is 106 Å². The number of aromatic hydroxyl groups is 2. The average Bonchev–Trinajstić information content (AvgIpc) is 1.62. The molecule has 34 heteroatoms. The van der Waals surface area contributed by atoms with Crippen molar-refractivity contribution in [3.63, 3.8) is 0 Å². The maximum atomic E-state index is 15.0. The van der Waals surface area contributed by atoms with Gasteiger partial charge in [-0.1, -0.05) is 134 Å². The molecule has 32 nitrogen and oxygen atoms in total. The molecule has 0 aliphatic carbocycles. The number of phenols is 2. The molecule has 622 valence electrons. The quantitative estimate of drug-likeness (QED) is 0.0674. The molecule has 13 atom stereocenters. The molecule has 1 fully saturated rings. The van der Waals surface area contributed by atoms with Gasteiger partial charge in [0, 0.05) is 55.2 Å². The topological polar surface area (TPSA) is 502 Å². The Labute approximate surface area is 672 Å². The van der Waals surface area contributed by atoms with Gasteiger partial charge in [0.15, 0.2) is 0 Å². The molecule has 1 saturated heterocycles. The number of rotatable bonds is 18. The number of aliphatic carboxylic acids is 2. The molecule has 0 aromatic heterocycles. The number of hydrogen-bond acceptors (Lipinski definition) is 20. The molecule has 2 heterocycles. The number of amides is 12. The van der Waals surface area contributed by atoms with E-state index in [1.165, 1.54) is 83.9 Å². The van der Waals surface area contributed by atoms with Gasteiger partial charge in [0.05, 0.1) is 18.7 Å². The average molecular weight is 1620 g/mol. The number of aliphatic hydroxyl groups excluding tert-OH is 1. The van der Waals surface area contributed by atoms with Gasteiger partial charge in [-0.15, -0.1) is 0 Å². The molecule has 18 N–H and O–H groups in total. The van der Waals surface area contributed by atoms with Crippen molar-refractivity contribution in [2.24, 2.45) is 29.4 Å². The second kappa shape index (κ2) is 45.5. The van der Waals surface area contributed by atoms with Crippen LogP contribution in [0.1, 0.15) is 135 Å². The predicted octanol–water partition coefficient (Wildman–Crippen LogP) is 1.71. The number of benzene rings is 4. The zero-order chi connectivity index (χ0) is 84.0. The lowest BCUT2D eigenvalue weighted by molar-refractivity contribution is -0.142. The summed E-state index contributed by atoms with van der Waals surface area (Å²) in [7, 11) is 0. The molecule has 2 aliphatic rings. The summed E-state index contributed by atoms with van der Waals surface area (Å²) in [6.45, 7) is 14.3. The van der Waals surface area contributed by atoms with Crippen LogP contribution in [0.5, 0.6) is 11.5 Å². The first kappa shape index (κ1) is 92.5. The van der Waals surface area contributed by atoms with E-state index in [0.29, 0.717) is 23.1 Å². The van der Waals surface area contributed by atoms with E-state index in [9.17, 15) is 92.7 Å². The van der Waals surface area contributed by atoms with E-state index >= 15 is 0 Å². The summed E-state index contributed by atoms with van der Waals surface area (Å²) in [5, 5.41) is 80.8. The van der Waals surface area contributed by atoms with E-state index in [0.717, 1.165) is 11.1 Å². The summed E-state index contributed by atoms with van der Waals surface area (Å²) in [5.74, 6) is -14.7. The molecular weight excluding hydrogens is 1510 g/mol. The van der Waals surface area contributed by atoms with Crippen molar-refractivity contribution < 1.29 is 92.7 Å². The number of carboxylic acids is 2. The molecule has 4 aromatic rings. The Morgan fingerprint density at radius 3 is 1.38 bits per heavy atom. The molecule has 0 bridgehead atoms. The van der Waals surface area contributed by atoms with Crippen LogP contribution in [0.25, 0.3) is 0 Å². The van der Waals surface area contributed by atoms with E-state index in [4.69, 9.17) is 5.73 Å². The fraction of sp³-hybridized carbons (Fsp3) is 0.525. The van der Waals surface area contributed by atoms with Crippen molar-refractivity contribution in [3.05, 3.63) is 131 Å². The minimum atomic E-state index is -1.79. The summed E-state index contributed by atoms with van der Waals surface area (Å²) < 4.78 is 0. The number of thioether (sulfide) groups is 2. The zero-order valence-electron chi connectivity index (χ0n) is 65.7. The number of aliphatic hydroxyl groups is 1. The number of nitrogens with one attached hydrogen (secondary N) is 11. The van der Waals surface area contributed by atoms with Gasteiger partial charge in [-0.2, -0.15) is 23.5 Å². The molecule has 0 radical (unpaired) electrons. The smallest absolute Gasteiger partial charge is 0.327 e. The lowest BCUT2D eigenvalue weighted by Crippen LogP contribution is -2.62. The maximum absolute atomic E-state index is 15.0. The van der Waals surface area contributed by atoms with Gasteiger partial charge in [0.2, 0.25) is 70.9 Å². The molecule has 114 heavy (non-hydrogen) atoms. The monoisotopic (exact) mass is 1620 g/mol. The summed E-state index contributed by atoms with van der Waals surface area (Å²) >= 11 is 2.41. The number of carboxylic acid groups (broad SMARTS) is 2. The first-order valence-corrected chi connectivity index (χ1v) is 40.6. The van der Waals surface area contributed by atoms with Gasteiger partial charge in [0.25, 0.3) is 0 Å². The summed E-state index contributed by atoms with van der Waals surface area (Å²) in [6, 6.07) is 9.81. The number of carbonyl (C=O) groups excluding carboxylic acids is 12. The van der Waals surface area contributed by atoms with Crippen LogP contribution in [0.4, 0.5) is 0 Å². The van der Waals surface area contributed by atoms with Crippen molar-refractivity contribution in [1.82, 2.24) is 63.4 Å². The second-order valence-electron chi connectivity index (χ2n) is 30.4. The van der Waals surface area contributed by atoms with Gasteiger partial charge >= 0.3 is 11.9 Å². The minimum absolute atomic E-state index is 0.0175. The Bertz CT molecular complexity index is 3970. The maximum Gasteiger partial charge on any atom is 0.327 e. The number of carbonyl (C=O) groups is 14. The molecule has 0 spiro atoms. The van der Waals surface area contributed by atoms with Crippen molar-refractivity contribution in [2.45, 2.75) is 217 Å². The molecule has 0 saturated carbocycles. The fourth-order valence-corrected chi connectivity index (χ4v) is 15.0. The first-order chi connectivity index (χ1) is 54.0. The highest BCUT2D eigenvalue weighted by Crippen LogP contribution is 2.25. The van der Waals surface area contributed by atoms with E-state index < -0.39 is 187 Å². The van der Waals surface area contributed by atoms with Gasteiger partial charge in [-0.25, -0.2) is 4.79 Å². The Kier molecular flexibility index (Phi) is 37.0. The van der Waals surface area contributed by atoms with Crippen LogP contribution in [0.15, 0.2) is 103 Å². The van der Waals surface area contributed by atoms with Gasteiger partial charge in [-0.05, 0) is 121 Å². The van der Waals surface area contributed by atoms with Crippen LogP contribution in [0.2, 0.25) is 0 Å². The summed E-state index contributed by atoms with van der Waals surface area (Å²) in [6.07, 6.45) is -2.96. The Hall–Kier alpha value is -10.3. The number of hydrogen-bond donors (Lipinski definition) is 17. The largest absolute Gasteiger partial charge is 0.508 e. The third kappa shape index (κ3) is 30.2. The van der Waals surface area contributed by atoms with E-state index in [2.05, 4.69) is 58.5 Å². The molecule has 0 unspecified atom stereocenters. The third-order valence-electron chi connectivity index (χ3n) is 19.0. The predicted molar refractivity (Wildman–Crippen MR) is 427 cm³/mol. The van der Waals surface area contributed by atoms with Crippen LogP contribution < -0.4 is 64.2 Å².